The van der Waals surface area contributed by atoms with E-state index in [0.717, 1.165) is 27.3 Å². The summed E-state index contributed by atoms with van der Waals surface area (Å²) in [6.07, 6.45) is 1.41. The van der Waals surface area contributed by atoms with Gasteiger partial charge in [0.1, 0.15) is 6.04 Å². The number of thiol groups is 1. The molecule has 0 aliphatic carbocycles. The first-order valence-corrected chi connectivity index (χ1v) is 11.8. The van der Waals surface area contributed by atoms with Crippen molar-refractivity contribution >= 4 is 46.1 Å². The molecule has 0 fully saturated rings. The number of carbonyl (C=O) groups excluding carboxylic acids is 1. The Labute approximate surface area is 199 Å². The highest BCUT2D eigenvalue weighted by molar-refractivity contribution is 7.80. The van der Waals surface area contributed by atoms with Gasteiger partial charge in [-0.05, 0) is 51.9 Å². The van der Waals surface area contributed by atoms with Crippen LogP contribution in [0.3, 0.4) is 0 Å². The van der Waals surface area contributed by atoms with E-state index in [-0.39, 0.29) is 5.91 Å². The fourth-order valence-electron chi connectivity index (χ4n) is 4.31. The molecule has 4 aromatic rings. The Morgan fingerprint density at radius 1 is 0.848 bits per heavy atom. The summed E-state index contributed by atoms with van der Waals surface area (Å²) in [5.74, 6) is -1.40. The maximum Gasteiger partial charge on any atom is 0.326 e. The Morgan fingerprint density at radius 3 is 2.18 bits per heavy atom. The monoisotopic (exact) mass is 457 g/mol. The number of carboxylic acids is 1. The summed E-state index contributed by atoms with van der Waals surface area (Å²) in [4.78, 5) is 24.9. The number of carboxylic acid groups (broad SMARTS) is 1. The highest BCUT2D eigenvalue weighted by Gasteiger charge is 2.25. The van der Waals surface area contributed by atoms with E-state index in [9.17, 15) is 14.7 Å². The Kier molecular flexibility index (Phi) is 7.30. The second kappa shape index (κ2) is 10.5. The van der Waals surface area contributed by atoms with Crippen molar-refractivity contribution in [1.82, 2.24) is 5.32 Å². The fourth-order valence-corrected chi connectivity index (χ4v) is 4.60. The molecule has 168 valence electrons. The summed E-state index contributed by atoms with van der Waals surface area (Å²) in [5, 5.41) is 17.0. The number of amides is 1. The molecule has 4 rings (SSSR count). The van der Waals surface area contributed by atoms with Crippen molar-refractivity contribution in [2.45, 2.75) is 25.3 Å². The predicted molar refractivity (Wildman–Crippen MR) is 137 cm³/mol. The van der Waals surface area contributed by atoms with Crippen LogP contribution >= 0.6 is 12.6 Å². The summed E-state index contributed by atoms with van der Waals surface area (Å²) >= 11 is 4.43. The molecule has 0 spiro atoms. The summed E-state index contributed by atoms with van der Waals surface area (Å²) in [6.45, 7) is 0. The van der Waals surface area contributed by atoms with Crippen molar-refractivity contribution in [3.63, 3.8) is 0 Å². The van der Waals surface area contributed by atoms with Gasteiger partial charge in [0.15, 0.2) is 0 Å². The van der Waals surface area contributed by atoms with E-state index in [0.29, 0.717) is 25.0 Å². The van der Waals surface area contributed by atoms with Crippen molar-refractivity contribution in [2.75, 3.05) is 5.75 Å². The first kappa shape index (κ1) is 22.9. The number of benzene rings is 4. The third-order valence-corrected chi connectivity index (χ3v) is 6.53. The third-order valence-electron chi connectivity index (χ3n) is 6.09. The number of hydrogen-bond acceptors (Lipinski definition) is 3. The zero-order valence-electron chi connectivity index (χ0n) is 18.3. The quantitative estimate of drug-likeness (QED) is 0.237. The molecular formula is C28H27NO3S. The van der Waals surface area contributed by atoms with Gasteiger partial charge in [-0.25, -0.2) is 4.79 Å². The molecule has 0 aliphatic heterocycles. The number of rotatable bonds is 9. The Hall–Kier alpha value is -3.31. The molecule has 0 aliphatic rings. The zero-order valence-corrected chi connectivity index (χ0v) is 19.2. The van der Waals surface area contributed by atoms with Crippen LogP contribution in [0.4, 0.5) is 0 Å². The van der Waals surface area contributed by atoms with Crippen LogP contribution in [0, 0.1) is 5.92 Å². The maximum atomic E-state index is 13.1. The number of hydrogen-bond donors (Lipinski definition) is 3. The van der Waals surface area contributed by atoms with Gasteiger partial charge in [-0.3, -0.25) is 4.79 Å². The zero-order chi connectivity index (χ0) is 23.2. The van der Waals surface area contributed by atoms with Crippen LogP contribution < -0.4 is 5.32 Å². The second-order valence-corrected chi connectivity index (χ2v) is 8.67. The molecule has 0 saturated carbocycles. The first-order chi connectivity index (χ1) is 16.1. The first-order valence-electron chi connectivity index (χ1n) is 11.1. The molecule has 5 heteroatoms. The molecule has 1 amide bonds. The minimum Gasteiger partial charge on any atom is -0.480 e. The summed E-state index contributed by atoms with van der Waals surface area (Å²) < 4.78 is 0. The van der Waals surface area contributed by atoms with E-state index < -0.39 is 17.9 Å². The van der Waals surface area contributed by atoms with Crippen molar-refractivity contribution < 1.29 is 14.7 Å². The molecule has 4 nitrogen and oxygen atoms in total. The highest BCUT2D eigenvalue weighted by atomic mass is 32.1. The Balaban J connectivity index is 1.53. The number of carbonyl (C=O) groups is 2. The molecule has 0 aromatic heterocycles. The summed E-state index contributed by atoms with van der Waals surface area (Å²) in [7, 11) is 0. The molecule has 2 unspecified atom stereocenters. The SMILES string of the molecule is O=C(NC(CCc1ccccc1)C(=O)O)C(CS)Cc1cc2ccccc2c2ccccc12. The van der Waals surface area contributed by atoms with Gasteiger partial charge < -0.3 is 10.4 Å². The van der Waals surface area contributed by atoms with E-state index in [2.05, 4.69) is 48.3 Å². The highest BCUT2D eigenvalue weighted by Crippen LogP contribution is 2.30. The summed E-state index contributed by atoms with van der Waals surface area (Å²) in [6, 6.07) is 27.3. The van der Waals surface area contributed by atoms with Gasteiger partial charge in [0.05, 0.1) is 5.92 Å². The topological polar surface area (TPSA) is 66.4 Å². The van der Waals surface area contributed by atoms with Crippen molar-refractivity contribution in [3.05, 3.63) is 96.1 Å². The van der Waals surface area contributed by atoms with Crippen LogP contribution in [0.5, 0.6) is 0 Å². The van der Waals surface area contributed by atoms with E-state index in [1.54, 1.807) is 0 Å². The third kappa shape index (κ3) is 5.37. The molecule has 4 aromatic carbocycles. The average Bonchev–Trinajstić information content (AvgIpc) is 2.85. The molecule has 33 heavy (non-hydrogen) atoms. The van der Waals surface area contributed by atoms with Gasteiger partial charge in [-0.1, -0.05) is 84.9 Å². The molecule has 0 heterocycles. The Bertz CT molecular complexity index is 1270. The van der Waals surface area contributed by atoms with Crippen LogP contribution in [-0.4, -0.2) is 28.8 Å². The standard InChI is InChI=1S/C28H27NO3S/c30-27(29-26(28(31)32)15-14-19-8-2-1-3-9-19)22(18-33)17-21-16-20-10-4-5-11-23(20)25-13-7-6-12-24(21)25/h1-13,16,22,26,33H,14-15,17-18H2,(H,29,30)(H,31,32). The van der Waals surface area contributed by atoms with Crippen LogP contribution in [0.25, 0.3) is 21.5 Å². The number of aryl methyl sites for hydroxylation is 1. The lowest BCUT2D eigenvalue weighted by Crippen LogP contribution is -2.44. The van der Waals surface area contributed by atoms with Crippen LogP contribution in [-0.2, 0) is 22.4 Å². The smallest absolute Gasteiger partial charge is 0.326 e. The van der Waals surface area contributed by atoms with Gasteiger partial charge in [0, 0.05) is 5.75 Å². The molecule has 2 atom stereocenters. The number of fused-ring (bicyclic) bond motifs is 3. The summed E-state index contributed by atoms with van der Waals surface area (Å²) in [5.41, 5.74) is 2.11. The lowest BCUT2D eigenvalue weighted by molar-refractivity contribution is -0.142. The van der Waals surface area contributed by atoms with Crippen molar-refractivity contribution in [3.8, 4) is 0 Å². The van der Waals surface area contributed by atoms with Gasteiger partial charge >= 0.3 is 5.97 Å². The van der Waals surface area contributed by atoms with E-state index in [4.69, 9.17) is 0 Å². The van der Waals surface area contributed by atoms with Gasteiger partial charge in [0.2, 0.25) is 5.91 Å². The minimum atomic E-state index is -1.02. The van der Waals surface area contributed by atoms with Gasteiger partial charge in [0.25, 0.3) is 0 Å². The van der Waals surface area contributed by atoms with Crippen molar-refractivity contribution in [1.29, 1.82) is 0 Å². The number of nitrogens with one attached hydrogen (secondary N) is 1. The molecule has 0 saturated heterocycles. The van der Waals surface area contributed by atoms with Crippen LogP contribution in [0.15, 0.2) is 84.9 Å². The number of aliphatic carboxylic acids is 1. The fraction of sp³-hybridized carbons (Fsp3) is 0.214. The predicted octanol–water partition coefficient (Wildman–Crippen LogP) is 5.28. The van der Waals surface area contributed by atoms with Crippen LogP contribution in [0.2, 0.25) is 0 Å². The lowest BCUT2D eigenvalue weighted by atomic mass is 9.91. The van der Waals surface area contributed by atoms with E-state index in [1.807, 2.05) is 54.6 Å². The largest absolute Gasteiger partial charge is 0.480 e. The van der Waals surface area contributed by atoms with Crippen LogP contribution in [0.1, 0.15) is 17.5 Å². The van der Waals surface area contributed by atoms with Gasteiger partial charge in [-0.15, -0.1) is 0 Å². The molecular weight excluding hydrogens is 430 g/mol. The normalized spacial score (nSPS) is 13.0. The maximum absolute atomic E-state index is 13.1. The Morgan fingerprint density at radius 2 is 1.48 bits per heavy atom. The van der Waals surface area contributed by atoms with E-state index >= 15 is 0 Å². The molecule has 0 bridgehead atoms. The van der Waals surface area contributed by atoms with Crippen molar-refractivity contribution in [2.24, 2.45) is 5.92 Å². The lowest BCUT2D eigenvalue weighted by Gasteiger charge is -2.20. The van der Waals surface area contributed by atoms with Gasteiger partial charge in [-0.2, -0.15) is 12.6 Å². The molecule has 2 N–H and O–H groups in total. The minimum absolute atomic E-state index is 0.275. The average molecular weight is 458 g/mol. The second-order valence-electron chi connectivity index (χ2n) is 8.31. The molecule has 0 radical (unpaired) electrons. The van der Waals surface area contributed by atoms with E-state index in [1.165, 1.54) is 5.39 Å².